The number of para-hydroxylation sites is 2. The van der Waals surface area contributed by atoms with Crippen LogP contribution in [0.3, 0.4) is 0 Å². The number of hydrogen-bond donors (Lipinski definition) is 0. The molecular weight excluding hydrogens is 228 g/mol. The van der Waals surface area contributed by atoms with E-state index in [1.165, 1.54) is 10.4 Å². The highest BCUT2D eigenvalue weighted by molar-refractivity contribution is 7.09. The lowest BCUT2D eigenvalue weighted by atomic mass is 10.3. The molecule has 86 valence electrons. The molecule has 0 aliphatic carbocycles. The number of rotatable bonds is 3. The molecule has 17 heavy (non-hydrogen) atoms. The van der Waals surface area contributed by atoms with Crippen molar-refractivity contribution in [1.82, 2.24) is 9.55 Å². The number of hydrogen-bond acceptors (Lipinski definition) is 2. The van der Waals surface area contributed by atoms with Crippen LogP contribution in [0, 0.1) is 6.92 Å². The predicted molar refractivity (Wildman–Crippen MR) is 72.5 cm³/mol. The van der Waals surface area contributed by atoms with Crippen LogP contribution >= 0.6 is 11.3 Å². The van der Waals surface area contributed by atoms with Gasteiger partial charge in [0.25, 0.3) is 0 Å². The van der Waals surface area contributed by atoms with Crippen molar-refractivity contribution in [3.63, 3.8) is 0 Å². The predicted octanol–water partition coefficient (Wildman–Crippen LogP) is 3.65. The average molecular weight is 242 g/mol. The molecule has 0 saturated carbocycles. The SMILES string of the molecule is Cc1nc2ccccc2n1CCc1cccs1. The van der Waals surface area contributed by atoms with Crippen molar-refractivity contribution in [2.24, 2.45) is 0 Å². The van der Waals surface area contributed by atoms with Crippen LogP contribution in [0.5, 0.6) is 0 Å². The van der Waals surface area contributed by atoms with Crippen LogP contribution in [0.1, 0.15) is 10.7 Å². The summed E-state index contributed by atoms with van der Waals surface area (Å²) in [4.78, 5) is 6.01. The Bertz CT molecular complexity index is 623. The van der Waals surface area contributed by atoms with E-state index in [0.717, 1.165) is 24.3 Å². The monoisotopic (exact) mass is 242 g/mol. The third-order valence-electron chi connectivity index (χ3n) is 3.01. The molecule has 0 amide bonds. The molecule has 2 heterocycles. The van der Waals surface area contributed by atoms with Crippen molar-refractivity contribution in [2.75, 3.05) is 0 Å². The minimum absolute atomic E-state index is 1.01. The number of fused-ring (bicyclic) bond motifs is 1. The molecule has 0 bridgehead atoms. The Morgan fingerprint density at radius 3 is 2.88 bits per heavy atom. The second-order valence-corrected chi connectivity index (χ2v) is 5.16. The average Bonchev–Trinajstić information content (AvgIpc) is 2.93. The van der Waals surface area contributed by atoms with Gasteiger partial charge in [-0.15, -0.1) is 11.3 Å². The number of nitrogens with zero attached hydrogens (tertiary/aromatic N) is 2. The summed E-state index contributed by atoms with van der Waals surface area (Å²) in [6.45, 7) is 3.08. The molecule has 3 aromatic rings. The van der Waals surface area contributed by atoms with E-state index in [2.05, 4.69) is 52.2 Å². The molecule has 0 saturated heterocycles. The fourth-order valence-electron chi connectivity index (χ4n) is 2.16. The zero-order valence-electron chi connectivity index (χ0n) is 9.76. The van der Waals surface area contributed by atoms with Gasteiger partial charge in [-0.1, -0.05) is 18.2 Å². The van der Waals surface area contributed by atoms with Crippen molar-refractivity contribution in [2.45, 2.75) is 19.9 Å². The lowest BCUT2D eigenvalue weighted by molar-refractivity contribution is 0.698. The summed E-state index contributed by atoms with van der Waals surface area (Å²) in [6.07, 6.45) is 1.08. The van der Waals surface area contributed by atoms with Gasteiger partial charge in [-0.2, -0.15) is 0 Å². The second-order valence-electron chi connectivity index (χ2n) is 4.13. The van der Waals surface area contributed by atoms with Crippen LogP contribution in [-0.4, -0.2) is 9.55 Å². The molecule has 2 aromatic heterocycles. The number of imidazole rings is 1. The van der Waals surface area contributed by atoms with E-state index in [1.807, 2.05) is 17.4 Å². The van der Waals surface area contributed by atoms with E-state index < -0.39 is 0 Å². The highest BCUT2D eigenvalue weighted by Crippen LogP contribution is 2.17. The van der Waals surface area contributed by atoms with Gasteiger partial charge >= 0.3 is 0 Å². The van der Waals surface area contributed by atoms with Gasteiger partial charge in [0.1, 0.15) is 5.82 Å². The molecule has 0 unspecified atom stereocenters. The Morgan fingerprint density at radius 1 is 1.18 bits per heavy atom. The Balaban J connectivity index is 1.92. The van der Waals surface area contributed by atoms with Gasteiger partial charge in [-0.3, -0.25) is 0 Å². The molecule has 1 aromatic carbocycles. The van der Waals surface area contributed by atoms with E-state index >= 15 is 0 Å². The normalized spacial score (nSPS) is 11.1. The molecule has 0 aliphatic rings. The summed E-state index contributed by atoms with van der Waals surface area (Å²) in [6, 6.07) is 12.6. The van der Waals surface area contributed by atoms with Crippen LogP contribution in [-0.2, 0) is 13.0 Å². The first-order valence-electron chi connectivity index (χ1n) is 5.79. The van der Waals surface area contributed by atoms with Crippen LogP contribution < -0.4 is 0 Å². The summed E-state index contributed by atoms with van der Waals surface area (Å²) < 4.78 is 2.30. The van der Waals surface area contributed by atoms with E-state index in [0.29, 0.717) is 0 Å². The number of aryl methyl sites for hydroxylation is 3. The number of thiophene rings is 1. The van der Waals surface area contributed by atoms with Gasteiger partial charge in [-0.05, 0) is 36.9 Å². The first-order valence-corrected chi connectivity index (χ1v) is 6.67. The van der Waals surface area contributed by atoms with E-state index in [-0.39, 0.29) is 0 Å². The van der Waals surface area contributed by atoms with Crippen molar-refractivity contribution in [1.29, 1.82) is 0 Å². The maximum absolute atomic E-state index is 4.58. The summed E-state index contributed by atoms with van der Waals surface area (Å²) in [7, 11) is 0. The summed E-state index contributed by atoms with van der Waals surface area (Å²) in [5.74, 6) is 1.10. The van der Waals surface area contributed by atoms with Crippen molar-refractivity contribution in [3.8, 4) is 0 Å². The molecule has 0 N–H and O–H groups in total. The summed E-state index contributed by atoms with van der Waals surface area (Å²) >= 11 is 1.82. The maximum atomic E-state index is 4.58. The van der Waals surface area contributed by atoms with Gasteiger partial charge in [0.2, 0.25) is 0 Å². The van der Waals surface area contributed by atoms with Gasteiger partial charge < -0.3 is 4.57 Å². The highest BCUT2D eigenvalue weighted by atomic mass is 32.1. The standard InChI is InChI=1S/C14H14N2S/c1-11-15-13-6-2-3-7-14(13)16(11)9-8-12-5-4-10-17-12/h2-7,10H,8-9H2,1H3. The van der Waals surface area contributed by atoms with Crippen LogP contribution in [0.15, 0.2) is 41.8 Å². The Morgan fingerprint density at radius 2 is 2.06 bits per heavy atom. The Kier molecular flexibility index (Phi) is 2.69. The van der Waals surface area contributed by atoms with Crippen LogP contribution in [0.2, 0.25) is 0 Å². The second kappa shape index (κ2) is 4.34. The fourth-order valence-corrected chi connectivity index (χ4v) is 2.85. The third-order valence-corrected chi connectivity index (χ3v) is 3.94. The first kappa shape index (κ1) is 10.5. The molecule has 0 fully saturated rings. The summed E-state index contributed by atoms with van der Waals surface area (Å²) in [5.41, 5.74) is 2.33. The largest absolute Gasteiger partial charge is 0.328 e. The molecule has 0 atom stereocenters. The third kappa shape index (κ3) is 1.98. The van der Waals surface area contributed by atoms with Gasteiger partial charge in [0.05, 0.1) is 11.0 Å². The van der Waals surface area contributed by atoms with Crippen molar-refractivity contribution >= 4 is 22.4 Å². The molecule has 0 aliphatic heterocycles. The molecule has 3 rings (SSSR count). The quantitative estimate of drug-likeness (QED) is 0.685. The van der Waals surface area contributed by atoms with Crippen molar-refractivity contribution in [3.05, 3.63) is 52.5 Å². The zero-order chi connectivity index (χ0) is 11.7. The first-order chi connectivity index (χ1) is 8.34. The number of aromatic nitrogens is 2. The lowest BCUT2D eigenvalue weighted by Crippen LogP contribution is -2.02. The van der Waals surface area contributed by atoms with E-state index in [4.69, 9.17) is 0 Å². The van der Waals surface area contributed by atoms with E-state index in [1.54, 1.807) is 0 Å². The molecule has 3 heteroatoms. The molecule has 2 nitrogen and oxygen atoms in total. The van der Waals surface area contributed by atoms with Gasteiger partial charge in [0, 0.05) is 11.4 Å². The Hall–Kier alpha value is -1.61. The van der Waals surface area contributed by atoms with Crippen LogP contribution in [0.25, 0.3) is 11.0 Å². The highest BCUT2D eigenvalue weighted by Gasteiger charge is 2.06. The minimum Gasteiger partial charge on any atom is -0.328 e. The van der Waals surface area contributed by atoms with Gasteiger partial charge in [0.15, 0.2) is 0 Å². The fraction of sp³-hybridized carbons (Fsp3) is 0.214. The Labute approximate surface area is 105 Å². The lowest BCUT2D eigenvalue weighted by Gasteiger charge is -2.05. The zero-order valence-corrected chi connectivity index (χ0v) is 10.6. The topological polar surface area (TPSA) is 17.8 Å². The smallest absolute Gasteiger partial charge is 0.106 e. The maximum Gasteiger partial charge on any atom is 0.106 e. The van der Waals surface area contributed by atoms with Crippen LogP contribution in [0.4, 0.5) is 0 Å². The minimum atomic E-state index is 1.01. The molecule has 0 spiro atoms. The molecular formula is C14H14N2S. The van der Waals surface area contributed by atoms with Crippen molar-refractivity contribution < 1.29 is 0 Å². The van der Waals surface area contributed by atoms with Gasteiger partial charge in [-0.25, -0.2) is 4.98 Å². The van der Waals surface area contributed by atoms with E-state index in [9.17, 15) is 0 Å². The summed E-state index contributed by atoms with van der Waals surface area (Å²) in [5, 5.41) is 2.13. The number of benzene rings is 1. The molecule has 0 radical (unpaired) electrons.